The number of nitrogens with zero attached hydrogens (tertiary/aromatic N) is 2. The van der Waals surface area contributed by atoms with Crippen LogP contribution in [0.15, 0.2) is 85.6 Å². The van der Waals surface area contributed by atoms with Crippen molar-refractivity contribution in [2.24, 2.45) is 0 Å². The monoisotopic (exact) mass is 479 g/mol. The van der Waals surface area contributed by atoms with Gasteiger partial charge in [0, 0.05) is 61.0 Å². The molecule has 5 rings (SSSR count). The van der Waals surface area contributed by atoms with E-state index < -0.39 is 0 Å². The Balaban J connectivity index is 1.38. The van der Waals surface area contributed by atoms with Gasteiger partial charge in [0.2, 0.25) is 0 Å². The van der Waals surface area contributed by atoms with Crippen molar-refractivity contribution in [1.29, 1.82) is 0 Å². The Labute approximate surface area is 212 Å². The van der Waals surface area contributed by atoms with Crippen LogP contribution in [0.2, 0.25) is 0 Å². The number of aromatic nitrogens is 1. The summed E-state index contributed by atoms with van der Waals surface area (Å²) in [6.07, 6.45) is 5.17. The highest BCUT2D eigenvalue weighted by atomic mass is 16.5. The number of nitrogens with two attached hydrogens (primary N) is 1. The number of fused-ring (bicyclic) bond motifs is 1. The van der Waals surface area contributed by atoms with Gasteiger partial charge in [0.1, 0.15) is 0 Å². The number of allylic oxidation sites excluding steroid dienone is 1. The molecule has 1 aliphatic rings. The molecular weight excluding hydrogens is 446 g/mol. The first-order valence-corrected chi connectivity index (χ1v) is 12.6. The second-order valence-corrected chi connectivity index (χ2v) is 9.41. The van der Waals surface area contributed by atoms with Gasteiger partial charge in [-0.1, -0.05) is 42.5 Å². The van der Waals surface area contributed by atoms with Gasteiger partial charge in [-0.05, 0) is 59.0 Å². The van der Waals surface area contributed by atoms with Crippen LogP contribution in [0.1, 0.15) is 21.5 Å². The molecule has 184 valence electrons. The van der Waals surface area contributed by atoms with Gasteiger partial charge >= 0.3 is 0 Å². The van der Waals surface area contributed by atoms with E-state index in [2.05, 4.69) is 40.4 Å². The summed E-state index contributed by atoms with van der Waals surface area (Å²) in [5.41, 5.74) is 13.0. The highest BCUT2D eigenvalue weighted by Gasteiger charge is 2.16. The number of rotatable bonds is 9. The Morgan fingerprint density at radius 2 is 1.75 bits per heavy atom. The first kappa shape index (κ1) is 24.0. The predicted octanol–water partition coefficient (Wildman–Crippen LogP) is 5.38. The fourth-order valence-electron chi connectivity index (χ4n) is 4.97. The van der Waals surface area contributed by atoms with Gasteiger partial charge in [0.25, 0.3) is 0 Å². The summed E-state index contributed by atoms with van der Waals surface area (Å²) >= 11 is 0. The molecule has 2 heterocycles. The van der Waals surface area contributed by atoms with Crippen molar-refractivity contribution in [2.45, 2.75) is 19.4 Å². The molecular formula is C31H33N3O2. The van der Waals surface area contributed by atoms with Gasteiger partial charge in [-0.3, -0.25) is 9.69 Å². The van der Waals surface area contributed by atoms with Crippen molar-refractivity contribution >= 4 is 22.4 Å². The van der Waals surface area contributed by atoms with Gasteiger partial charge < -0.3 is 15.0 Å². The molecule has 0 atom stereocenters. The molecule has 0 aliphatic carbocycles. The highest BCUT2D eigenvalue weighted by Crippen LogP contribution is 2.27. The lowest BCUT2D eigenvalue weighted by Gasteiger charge is -2.26. The average Bonchev–Trinajstić information content (AvgIpc) is 3.26. The summed E-state index contributed by atoms with van der Waals surface area (Å²) in [5.74, 6) is 0.0689. The van der Waals surface area contributed by atoms with E-state index in [0.29, 0.717) is 11.3 Å². The number of anilines is 1. The fourth-order valence-corrected chi connectivity index (χ4v) is 4.97. The molecule has 1 aromatic heterocycles. The fraction of sp³-hybridized carbons (Fsp3) is 0.258. The van der Waals surface area contributed by atoms with E-state index >= 15 is 0 Å². The van der Waals surface area contributed by atoms with Gasteiger partial charge in [0.05, 0.1) is 13.2 Å². The second-order valence-electron chi connectivity index (χ2n) is 9.41. The SMILES string of the molecule is C=CCc1cn(CCN2CCOCC2)c2ccc(C(=O)Cc3cc(-c4ccccc4)ccc3N)cc12. The molecule has 0 radical (unpaired) electrons. The lowest BCUT2D eigenvalue weighted by Crippen LogP contribution is -2.38. The lowest BCUT2D eigenvalue weighted by atomic mass is 9.96. The zero-order chi connectivity index (χ0) is 24.9. The molecule has 4 aromatic rings. The highest BCUT2D eigenvalue weighted by molar-refractivity contribution is 6.02. The second kappa shape index (κ2) is 10.9. The predicted molar refractivity (Wildman–Crippen MR) is 147 cm³/mol. The first-order chi connectivity index (χ1) is 17.6. The molecule has 5 nitrogen and oxygen atoms in total. The van der Waals surface area contributed by atoms with Crippen LogP contribution in [0.3, 0.4) is 0 Å². The van der Waals surface area contributed by atoms with Gasteiger partial charge in [-0.25, -0.2) is 0 Å². The maximum absolute atomic E-state index is 13.4. The van der Waals surface area contributed by atoms with Crippen LogP contribution in [-0.4, -0.2) is 48.1 Å². The molecule has 0 unspecified atom stereocenters. The van der Waals surface area contributed by atoms with Crippen molar-refractivity contribution in [3.8, 4) is 11.1 Å². The Hall–Kier alpha value is -3.67. The number of benzene rings is 3. The average molecular weight is 480 g/mol. The van der Waals surface area contributed by atoms with Crippen LogP contribution >= 0.6 is 0 Å². The number of ether oxygens (including phenoxy) is 1. The lowest BCUT2D eigenvalue weighted by molar-refractivity contribution is 0.0365. The molecule has 0 amide bonds. The quantitative estimate of drug-likeness (QED) is 0.199. The minimum absolute atomic E-state index is 0.0689. The van der Waals surface area contributed by atoms with Gasteiger partial charge in [-0.2, -0.15) is 0 Å². The number of Topliss-reactive ketones (excluding diaryl/α,β-unsaturated/α-hetero) is 1. The molecule has 5 heteroatoms. The zero-order valence-electron chi connectivity index (χ0n) is 20.7. The molecule has 0 bridgehead atoms. The largest absolute Gasteiger partial charge is 0.398 e. The van der Waals surface area contributed by atoms with E-state index in [1.165, 1.54) is 5.56 Å². The molecule has 2 N–H and O–H groups in total. The van der Waals surface area contributed by atoms with Crippen LogP contribution in [0.5, 0.6) is 0 Å². The topological polar surface area (TPSA) is 60.5 Å². The summed E-state index contributed by atoms with van der Waals surface area (Å²) in [6, 6.07) is 22.2. The van der Waals surface area contributed by atoms with E-state index in [0.717, 1.165) is 73.4 Å². The molecule has 1 saturated heterocycles. The van der Waals surface area contributed by atoms with Crippen molar-refractivity contribution in [1.82, 2.24) is 9.47 Å². The summed E-state index contributed by atoms with van der Waals surface area (Å²) in [7, 11) is 0. The summed E-state index contributed by atoms with van der Waals surface area (Å²) in [5, 5.41) is 1.12. The van der Waals surface area contributed by atoms with Crippen LogP contribution in [-0.2, 0) is 24.1 Å². The molecule has 1 aliphatic heterocycles. The third-order valence-corrected chi connectivity index (χ3v) is 7.01. The van der Waals surface area contributed by atoms with Crippen molar-refractivity contribution in [2.75, 3.05) is 38.6 Å². The minimum Gasteiger partial charge on any atom is -0.398 e. The Bertz CT molecular complexity index is 1370. The summed E-state index contributed by atoms with van der Waals surface area (Å²) < 4.78 is 7.78. The Kier molecular flexibility index (Phi) is 7.31. The number of carbonyl (C=O) groups is 1. The van der Waals surface area contributed by atoms with E-state index in [4.69, 9.17) is 10.5 Å². The number of hydrogen-bond acceptors (Lipinski definition) is 4. The van der Waals surface area contributed by atoms with E-state index in [-0.39, 0.29) is 12.2 Å². The molecule has 36 heavy (non-hydrogen) atoms. The first-order valence-electron chi connectivity index (χ1n) is 12.6. The zero-order valence-corrected chi connectivity index (χ0v) is 20.7. The minimum atomic E-state index is 0.0689. The van der Waals surface area contributed by atoms with Crippen LogP contribution in [0, 0.1) is 0 Å². The smallest absolute Gasteiger partial charge is 0.167 e. The number of ketones is 1. The normalized spacial score (nSPS) is 14.2. The molecule has 0 saturated carbocycles. The van der Waals surface area contributed by atoms with E-state index in [1.54, 1.807) is 0 Å². The van der Waals surface area contributed by atoms with Crippen LogP contribution in [0.25, 0.3) is 22.0 Å². The number of nitrogen functional groups attached to an aromatic ring is 1. The van der Waals surface area contributed by atoms with E-state index in [1.807, 2.05) is 54.6 Å². The standard InChI is InChI=1S/C31H33N3O2/c1-2-6-26-22-34(14-13-33-15-17-36-18-16-33)30-12-10-25(20-28(26)30)31(35)21-27-19-24(9-11-29(27)32)23-7-4-3-5-8-23/h2-5,7-12,19-20,22H,1,6,13-18,21,32H2. The number of morpholine rings is 1. The molecule has 3 aromatic carbocycles. The molecule has 1 fully saturated rings. The van der Waals surface area contributed by atoms with Crippen molar-refractivity contribution < 1.29 is 9.53 Å². The van der Waals surface area contributed by atoms with Crippen LogP contribution in [0.4, 0.5) is 5.69 Å². The maximum atomic E-state index is 13.4. The maximum Gasteiger partial charge on any atom is 0.167 e. The van der Waals surface area contributed by atoms with Crippen molar-refractivity contribution in [3.05, 3.63) is 102 Å². The van der Waals surface area contributed by atoms with Crippen LogP contribution < -0.4 is 5.73 Å². The third kappa shape index (κ3) is 5.27. The van der Waals surface area contributed by atoms with Crippen molar-refractivity contribution in [3.63, 3.8) is 0 Å². The summed E-state index contributed by atoms with van der Waals surface area (Å²) in [6.45, 7) is 9.39. The Morgan fingerprint density at radius 3 is 2.53 bits per heavy atom. The molecule has 0 spiro atoms. The van der Waals surface area contributed by atoms with E-state index in [9.17, 15) is 4.79 Å². The number of carbonyl (C=O) groups excluding carboxylic acids is 1. The van der Waals surface area contributed by atoms with Gasteiger partial charge in [-0.15, -0.1) is 6.58 Å². The third-order valence-electron chi connectivity index (χ3n) is 7.01. The number of hydrogen-bond donors (Lipinski definition) is 1. The Morgan fingerprint density at radius 1 is 0.944 bits per heavy atom. The summed E-state index contributed by atoms with van der Waals surface area (Å²) in [4.78, 5) is 15.8. The van der Waals surface area contributed by atoms with Gasteiger partial charge in [0.15, 0.2) is 5.78 Å².